The summed E-state index contributed by atoms with van der Waals surface area (Å²) in [6, 6.07) is 15.2. The van der Waals surface area contributed by atoms with Crippen LogP contribution in [0, 0.1) is 6.92 Å². The molecule has 0 aliphatic rings. The number of hydrogen-bond acceptors (Lipinski definition) is 4. The van der Waals surface area contributed by atoms with Gasteiger partial charge in [0.2, 0.25) is 0 Å². The van der Waals surface area contributed by atoms with Gasteiger partial charge in [-0.3, -0.25) is 0 Å². The highest BCUT2D eigenvalue weighted by Gasteiger charge is 2.09. The average molecular weight is 288 g/mol. The van der Waals surface area contributed by atoms with E-state index in [0.29, 0.717) is 12.1 Å². The van der Waals surface area contributed by atoms with Crippen LogP contribution in [0.1, 0.15) is 5.56 Å². The minimum Gasteiger partial charge on any atom is -0.493 e. The standard InChI is InChI=1S/C15H17BO3S/c1-12-3-2-4-15(11-12)20-10-9-19-14-7-5-13(6-8-14)16(17)18/h2-8,11,17-18H,9-10H2,1H3. The van der Waals surface area contributed by atoms with E-state index in [0.717, 1.165) is 11.5 Å². The van der Waals surface area contributed by atoms with Crippen LogP contribution < -0.4 is 10.2 Å². The third kappa shape index (κ3) is 4.60. The molecule has 0 amide bonds. The molecule has 2 aromatic rings. The number of thioether (sulfide) groups is 1. The molecule has 0 aliphatic heterocycles. The Balaban J connectivity index is 1.75. The van der Waals surface area contributed by atoms with Gasteiger partial charge in [-0.05, 0) is 36.7 Å². The lowest BCUT2D eigenvalue weighted by Crippen LogP contribution is -2.29. The minimum absolute atomic E-state index is 0.464. The van der Waals surface area contributed by atoms with Crippen LogP contribution in [0.25, 0.3) is 0 Å². The summed E-state index contributed by atoms with van der Waals surface area (Å²) >= 11 is 1.76. The van der Waals surface area contributed by atoms with Crippen LogP contribution in [-0.2, 0) is 0 Å². The zero-order valence-corrected chi connectivity index (χ0v) is 12.1. The van der Waals surface area contributed by atoms with Gasteiger partial charge >= 0.3 is 7.12 Å². The fourth-order valence-corrected chi connectivity index (χ4v) is 2.61. The number of hydrogen-bond donors (Lipinski definition) is 2. The van der Waals surface area contributed by atoms with Crippen LogP contribution in [0.4, 0.5) is 0 Å². The molecule has 0 fully saturated rings. The van der Waals surface area contributed by atoms with E-state index in [1.54, 1.807) is 36.0 Å². The lowest BCUT2D eigenvalue weighted by molar-refractivity contribution is 0.344. The molecule has 0 aromatic heterocycles. The van der Waals surface area contributed by atoms with E-state index in [4.69, 9.17) is 14.8 Å². The van der Waals surface area contributed by atoms with Crippen molar-refractivity contribution >= 4 is 24.3 Å². The molecule has 2 rings (SSSR count). The summed E-state index contributed by atoms with van der Waals surface area (Å²) in [5, 5.41) is 18.0. The summed E-state index contributed by atoms with van der Waals surface area (Å²) in [5.41, 5.74) is 1.72. The Morgan fingerprint density at radius 3 is 2.50 bits per heavy atom. The van der Waals surface area contributed by atoms with E-state index < -0.39 is 7.12 Å². The van der Waals surface area contributed by atoms with Crippen molar-refractivity contribution in [1.82, 2.24) is 0 Å². The van der Waals surface area contributed by atoms with Crippen molar-refractivity contribution < 1.29 is 14.8 Å². The van der Waals surface area contributed by atoms with Gasteiger partial charge in [-0.15, -0.1) is 11.8 Å². The molecule has 0 aliphatic carbocycles. The van der Waals surface area contributed by atoms with E-state index in [1.807, 2.05) is 0 Å². The molecule has 0 radical (unpaired) electrons. The van der Waals surface area contributed by atoms with Crippen molar-refractivity contribution in [2.45, 2.75) is 11.8 Å². The Labute approximate surface area is 123 Å². The van der Waals surface area contributed by atoms with E-state index in [2.05, 4.69) is 31.2 Å². The molecule has 3 nitrogen and oxygen atoms in total. The van der Waals surface area contributed by atoms with Crippen LogP contribution in [0.5, 0.6) is 5.75 Å². The Morgan fingerprint density at radius 1 is 1.10 bits per heavy atom. The molecule has 0 atom stereocenters. The average Bonchev–Trinajstić information content (AvgIpc) is 2.44. The highest BCUT2D eigenvalue weighted by Crippen LogP contribution is 2.19. The van der Waals surface area contributed by atoms with Gasteiger partial charge in [-0.25, -0.2) is 0 Å². The monoisotopic (exact) mass is 288 g/mol. The summed E-state index contributed by atoms with van der Waals surface area (Å²) in [4.78, 5) is 1.24. The molecule has 20 heavy (non-hydrogen) atoms. The van der Waals surface area contributed by atoms with Gasteiger partial charge in [0.15, 0.2) is 0 Å². The maximum absolute atomic E-state index is 8.99. The van der Waals surface area contributed by atoms with Crippen molar-refractivity contribution in [3.05, 3.63) is 54.1 Å². The van der Waals surface area contributed by atoms with Crippen molar-refractivity contribution in [2.75, 3.05) is 12.4 Å². The zero-order chi connectivity index (χ0) is 14.4. The Morgan fingerprint density at radius 2 is 1.85 bits per heavy atom. The van der Waals surface area contributed by atoms with Crippen LogP contribution in [-0.4, -0.2) is 29.5 Å². The van der Waals surface area contributed by atoms with E-state index in [9.17, 15) is 0 Å². The fourth-order valence-electron chi connectivity index (χ4n) is 1.76. The molecule has 0 unspecified atom stereocenters. The van der Waals surface area contributed by atoms with Crippen LogP contribution in [0.15, 0.2) is 53.4 Å². The Bertz CT molecular complexity index is 543. The molecular weight excluding hydrogens is 271 g/mol. The smallest absolute Gasteiger partial charge is 0.488 e. The van der Waals surface area contributed by atoms with Gasteiger partial charge in [-0.1, -0.05) is 29.8 Å². The lowest BCUT2D eigenvalue weighted by atomic mass is 9.80. The third-order valence-electron chi connectivity index (χ3n) is 2.79. The summed E-state index contributed by atoms with van der Waals surface area (Å²) < 4.78 is 5.61. The summed E-state index contributed by atoms with van der Waals surface area (Å²) in [7, 11) is -1.43. The maximum atomic E-state index is 8.99. The van der Waals surface area contributed by atoms with Gasteiger partial charge in [-0.2, -0.15) is 0 Å². The van der Waals surface area contributed by atoms with Crippen LogP contribution in [0.2, 0.25) is 0 Å². The Hall–Kier alpha value is -1.43. The highest BCUT2D eigenvalue weighted by molar-refractivity contribution is 7.99. The van der Waals surface area contributed by atoms with Crippen molar-refractivity contribution in [1.29, 1.82) is 0 Å². The number of rotatable bonds is 6. The van der Waals surface area contributed by atoms with Crippen LogP contribution in [0.3, 0.4) is 0 Å². The molecule has 2 aromatic carbocycles. The van der Waals surface area contributed by atoms with Crippen molar-refractivity contribution in [2.24, 2.45) is 0 Å². The summed E-state index contributed by atoms with van der Waals surface area (Å²) in [6.45, 7) is 2.69. The maximum Gasteiger partial charge on any atom is 0.488 e. The van der Waals surface area contributed by atoms with Crippen LogP contribution >= 0.6 is 11.8 Å². The third-order valence-corrected chi connectivity index (χ3v) is 3.75. The second-order valence-corrected chi connectivity index (χ2v) is 5.62. The van der Waals surface area contributed by atoms with Crippen molar-refractivity contribution in [3.63, 3.8) is 0 Å². The lowest BCUT2D eigenvalue weighted by Gasteiger charge is -2.07. The number of aryl methyl sites for hydroxylation is 1. The highest BCUT2D eigenvalue weighted by atomic mass is 32.2. The number of benzene rings is 2. The van der Waals surface area contributed by atoms with Gasteiger partial charge in [0.1, 0.15) is 5.75 Å². The molecule has 0 saturated carbocycles. The molecule has 0 heterocycles. The molecule has 0 bridgehead atoms. The second-order valence-electron chi connectivity index (χ2n) is 4.46. The van der Waals surface area contributed by atoms with E-state index in [1.165, 1.54) is 10.5 Å². The SMILES string of the molecule is Cc1cccc(SCCOc2ccc(B(O)O)cc2)c1. The first-order chi connectivity index (χ1) is 9.65. The van der Waals surface area contributed by atoms with Gasteiger partial charge in [0.05, 0.1) is 6.61 Å². The molecular formula is C15H17BO3S. The molecule has 2 N–H and O–H groups in total. The topological polar surface area (TPSA) is 49.7 Å². The molecule has 0 saturated heterocycles. The second kappa shape index (κ2) is 7.38. The zero-order valence-electron chi connectivity index (χ0n) is 11.3. The Kier molecular flexibility index (Phi) is 5.53. The largest absolute Gasteiger partial charge is 0.493 e. The van der Waals surface area contributed by atoms with Gasteiger partial charge in [0, 0.05) is 10.6 Å². The minimum atomic E-state index is -1.43. The van der Waals surface area contributed by atoms with Gasteiger partial charge < -0.3 is 14.8 Å². The first-order valence-corrected chi connectivity index (χ1v) is 7.42. The van der Waals surface area contributed by atoms with E-state index >= 15 is 0 Å². The van der Waals surface area contributed by atoms with Crippen molar-refractivity contribution in [3.8, 4) is 5.75 Å². The summed E-state index contributed by atoms with van der Waals surface area (Å²) in [5.74, 6) is 1.60. The predicted octanol–water partition coefficient (Wildman–Crippen LogP) is 1.85. The molecule has 0 spiro atoms. The normalized spacial score (nSPS) is 10.3. The fraction of sp³-hybridized carbons (Fsp3) is 0.200. The predicted molar refractivity (Wildman–Crippen MR) is 83.7 cm³/mol. The molecule has 5 heteroatoms. The number of ether oxygens (including phenoxy) is 1. The quantitative estimate of drug-likeness (QED) is 0.484. The van der Waals surface area contributed by atoms with Gasteiger partial charge in [0.25, 0.3) is 0 Å². The van der Waals surface area contributed by atoms with E-state index in [-0.39, 0.29) is 0 Å². The molecule has 104 valence electrons. The first kappa shape index (κ1) is 15.0. The first-order valence-electron chi connectivity index (χ1n) is 6.43. The summed E-state index contributed by atoms with van der Waals surface area (Å²) in [6.07, 6.45) is 0.